The van der Waals surface area contributed by atoms with Gasteiger partial charge in [0, 0.05) is 39.8 Å². The highest BCUT2D eigenvalue weighted by molar-refractivity contribution is 7.89. The summed E-state index contributed by atoms with van der Waals surface area (Å²) in [5.74, 6) is 1.39. The van der Waals surface area contributed by atoms with E-state index in [1.807, 2.05) is 10.6 Å². The molecule has 158 valence electrons. The molecule has 0 amide bonds. The van der Waals surface area contributed by atoms with Crippen LogP contribution in [0.5, 0.6) is 0 Å². The highest BCUT2D eigenvalue weighted by atomic mass is 32.2. The van der Waals surface area contributed by atoms with E-state index in [0.717, 1.165) is 30.1 Å². The first-order valence-electron chi connectivity index (χ1n) is 10.0. The highest BCUT2D eigenvalue weighted by Crippen LogP contribution is 2.37. The van der Waals surface area contributed by atoms with Gasteiger partial charge in [0.05, 0.1) is 17.8 Å². The van der Waals surface area contributed by atoms with E-state index in [4.69, 9.17) is 4.74 Å². The van der Waals surface area contributed by atoms with Crippen LogP contribution in [0.4, 0.5) is 5.82 Å². The lowest BCUT2D eigenvalue weighted by molar-refractivity contribution is 0.188. The highest BCUT2D eigenvalue weighted by Gasteiger charge is 2.45. The topological polar surface area (TPSA) is 93.5 Å². The van der Waals surface area contributed by atoms with Gasteiger partial charge in [0.1, 0.15) is 6.33 Å². The van der Waals surface area contributed by atoms with Crippen LogP contribution in [0, 0.1) is 11.8 Å². The lowest BCUT2D eigenvalue weighted by atomic mass is 10.0. The summed E-state index contributed by atoms with van der Waals surface area (Å²) in [6.07, 6.45) is 3.34. The predicted octanol–water partition coefficient (Wildman–Crippen LogP) is 1.23. The van der Waals surface area contributed by atoms with E-state index < -0.39 is 10.0 Å². The standard InChI is InChI=1S/C20H24N6O3S/c1-29-8-7-24-14-23-18-19(24)21-13-22-20(18)25-9-15-11-26(12-16(15)10-25)30(27,28)17-5-3-2-4-6-17/h2-6,13-16H,7-12H2,1H3. The number of nitrogens with zero attached hydrogens (tertiary/aromatic N) is 6. The van der Waals surface area contributed by atoms with E-state index in [0.29, 0.717) is 31.1 Å². The second-order valence-electron chi connectivity index (χ2n) is 7.86. The van der Waals surface area contributed by atoms with Gasteiger partial charge >= 0.3 is 0 Å². The van der Waals surface area contributed by atoms with Crippen molar-refractivity contribution in [2.24, 2.45) is 11.8 Å². The number of sulfonamides is 1. The molecule has 10 heteroatoms. The van der Waals surface area contributed by atoms with Crippen LogP contribution >= 0.6 is 0 Å². The van der Waals surface area contributed by atoms with E-state index in [1.54, 1.807) is 48.3 Å². The number of rotatable bonds is 6. The Kier molecular flexibility index (Phi) is 4.92. The zero-order chi connectivity index (χ0) is 20.7. The first kappa shape index (κ1) is 19.4. The molecule has 2 atom stereocenters. The predicted molar refractivity (Wildman–Crippen MR) is 112 cm³/mol. The second-order valence-corrected chi connectivity index (χ2v) is 9.80. The monoisotopic (exact) mass is 428 g/mol. The van der Waals surface area contributed by atoms with Crippen molar-refractivity contribution in [1.29, 1.82) is 0 Å². The molecule has 0 bridgehead atoms. The first-order valence-corrected chi connectivity index (χ1v) is 11.5. The minimum Gasteiger partial charge on any atom is -0.383 e. The van der Waals surface area contributed by atoms with Crippen molar-refractivity contribution in [3.63, 3.8) is 0 Å². The van der Waals surface area contributed by atoms with Gasteiger partial charge in [0.25, 0.3) is 0 Å². The molecule has 2 aliphatic heterocycles. The molecule has 2 unspecified atom stereocenters. The van der Waals surface area contributed by atoms with Crippen molar-refractivity contribution in [2.75, 3.05) is 44.8 Å². The molecular weight excluding hydrogens is 404 g/mol. The molecule has 0 N–H and O–H groups in total. The van der Waals surface area contributed by atoms with Gasteiger partial charge in [-0.1, -0.05) is 18.2 Å². The number of imidazole rings is 1. The summed E-state index contributed by atoms with van der Waals surface area (Å²) in [5, 5.41) is 0. The maximum atomic E-state index is 12.9. The van der Waals surface area contributed by atoms with E-state index in [2.05, 4.69) is 19.9 Å². The van der Waals surface area contributed by atoms with Crippen molar-refractivity contribution in [2.45, 2.75) is 11.4 Å². The zero-order valence-electron chi connectivity index (χ0n) is 16.8. The van der Waals surface area contributed by atoms with Crippen molar-refractivity contribution in [3.05, 3.63) is 43.0 Å². The summed E-state index contributed by atoms with van der Waals surface area (Å²) in [6, 6.07) is 8.67. The maximum absolute atomic E-state index is 12.9. The molecule has 2 aliphatic rings. The quantitative estimate of drug-likeness (QED) is 0.583. The third-order valence-corrected chi connectivity index (χ3v) is 7.90. The zero-order valence-corrected chi connectivity index (χ0v) is 17.6. The molecule has 5 rings (SSSR count). The van der Waals surface area contributed by atoms with Gasteiger partial charge in [-0.3, -0.25) is 0 Å². The Balaban J connectivity index is 1.33. The van der Waals surface area contributed by atoms with E-state index in [9.17, 15) is 8.42 Å². The van der Waals surface area contributed by atoms with Crippen molar-refractivity contribution in [3.8, 4) is 0 Å². The van der Waals surface area contributed by atoms with Gasteiger partial charge in [-0.05, 0) is 24.0 Å². The van der Waals surface area contributed by atoms with Crippen molar-refractivity contribution in [1.82, 2.24) is 23.8 Å². The maximum Gasteiger partial charge on any atom is 0.243 e. The molecule has 0 saturated carbocycles. The van der Waals surface area contributed by atoms with Gasteiger partial charge in [-0.2, -0.15) is 4.31 Å². The Hall–Kier alpha value is -2.56. The number of hydrogen-bond donors (Lipinski definition) is 0. The summed E-state index contributed by atoms with van der Waals surface area (Å²) in [6.45, 7) is 3.88. The Morgan fingerprint density at radius 1 is 1.03 bits per heavy atom. The molecule has 0 radical (unpaired) electrons. The Labute approximate surface area is 175 Å². The van der Waals surface area contributed by atoms with Crippen LogP contribution in [0.2, 0.25) is 0 Å². The Morgan fingerprint density at radius 3 is 2.47 bits per heavy atom. The van der Waals surface area contributed by atoms with Crippen LogP contribution in [0.1, 0.15) is 0 Å². The number of ether oxygens (including phenoxy) is 1. The molecule has 0 aliphatic carbocycles. The van der Waals surface area contributed by atoms with Crippen LogP contribution < -0.4 is 4.90 Å². The number of fused-ring (bicyclic) bond motifs is 2. The van der Waals surface area contributed by atoms with Gasteiger partial charge in [-0.15, -0.1) is 0 Å². The minimum absolute atomic E-state index is 0.282. The summed E-state index contributed by atoms with van der Waals surface area (Å²) >= 11 is 0. The molecule has 0 spiro atoms. The third-order valence-electron chi connectivity index (χ3n) is 6.05. The van der Waals surface area contributed by atoms with Gasteiger partial charge < -0.3 is 14.2 Å². The van der Waals surface area contributed by atoms with Crippen LogP contribution in [0.15, 0.2) is 47.9 Å². The molecular formula is C20H24N6O3S. The van der Waals surface area contributed by atoms with E-state index >= 15 is 0 Å². The average Bonchev–Trinajstić information content (AvgIpc) is 3.46. The largest absolute Gasteiger partial charge is 0.383 e. The normalized spacial score (nSPS) is 22.1. The molecule has 1 aromatic carbocycles. The molecule has 4 heterocycles. The molecule has 2 saturated heterocycles. The molecule has 3 aromatic rings. The first-order chi connectivity index (χ1) is 14.6. The fourth-order valence-corrected chi connectivity index (χ4v) is 6.09. The third kappa shape index (κ3) is 3.24. The summed E-state index contributed by atoms with van der Waals surface area (Å²) < 4.78 is 34.7. The number of benzene rings is 1. The number of hydrogen-bond acceptors (Lipinski definition) is 7. The second kappa shape index (κ2) is 7.60. The fraction of sp³-hybridized carbons (Fsp3) is 0.450. The van der Waals surface area contributed by atoms with Crippen LogP contribution in [0.3, 0.4) is 0 Å². The van der Waals surface area contributed by atoms with Crippen LogP contribution in [-0.2, 0) is 21.3 Å². The van der Waals surface area contributed by atoms with Crippen LogP contribution in [0.25, 0.3) is 11.2 Å². The minimum atomic E-state index is -3.44. The molecule has 2 aromatic heterocycles. The summed E-state index contributed by atoms with van der Waals surface area (Å²) in [5.41, 5.74) is 1.57. The van der Waals surface area contributed by atoms with Crippen LogP contribution in [-0.4, -0.2) is 72.1 Å². The number of anilines is 1. The summed E-state index contributed by atoms with van der Waals surface area (Å²) in [4.78, 5) is 16.0. The Bertz CT molecular complexity index is 1140. The van der Waals surface area contributed by atoms with E-state index in [-0.39, 0.29) is 11.8 Å². The molecule has 2 fully saturated rings. The van der Waals surface area contributed by atoms with Gasteiger partial charge in [0.15, 0.2) is 17.0 Å². The van der Waals surface area contributed by atoms with Gasteiger partial charge in [0.2, 0.25) is 10.0 Å². The van der Waals surface area contributed by atoms with Crippen molar-refractivity contribution >= 4 is 27.0 Å². The smallest absolute Gasteiger partial charge is 0.243 e. The number of aromatic nitrogens is 4. The average molecular weight is 429 g/mol. The molecule has 9 nitrogen and oxygen atoms in total. The lowest BCUT2D eigenvalue weighted by Crippen LogP contribution is -2.33. The Morgan fingerprint density at radius 2 is 1.77 bits per heavy atom. The van der Waals surface area contributed by atoms with E-state index in [1.165, 1.54) is 0 Å². The van der Waals surface area contributed by atoms with Crippen molar-refractivity contribution < 1.29 is 13.2 Å². The summed E-state index contributed by atoms with van der Waals surface area (Å²) in [7, 11) is -1.77. The SMILES string of the molecule is COCCn1cnc2c(N3CC4CN(S(=O)(=O)c5ccccc5)CC4C3)ncnc21. The number of methoxy groups -OCH3 is 1. The lowest BCUT2D eigenvalue weighted by Gasteiger charge is -2.22. The molecule has 30 heavy (non-hydrogen) atoms. The fourth-order valence-electron chi connectivity index (χ4n) is 4.51. The van der Waals surface area contributed by atoms with Gasteiger partial charge in [-0.25, -0.2) is 23.4 Å².